The summed E-state index contributed by atoms with van der Waals surface area (Å²) in [6, 6.07) is 7.71. The predicted molar refractivity (Wildman–Crippen MR) is 93.2 cm³/mol. The number of benzene rings is 1. The molecule has 0 aliphatic heterocycles. The normalized spacial score (nSPS) is 10.1. The molecule has 0 radical (unpaired) electrons. The van der Waals surface area contributed by atoms with E-state index in [0.29, 0.717) is 25.7 Å². The standard InChI is InChI=1S/C13H16BrN3O.HI/c1-3-8-16-13(15-2)17-9-10-18-12-6-4-11(14)5-7-12;/h1,4-7H,8-10H2,2H3,(H2,15,16,17);1H. The van der Waals surface area contributed by atoms with Crippen LogP contribution in [-0.2, 0) is 0 Å². The molecule has 4 nitrogen and oxygen atoms in total. The van der Waals surface area contributed by atoms with Gasteiger partial charge in [-0.15, -0.1) is 30.4 Å². The first-order valence-corrected chi connectivity index (χ1v) is 6.32. The maximum atomic E-state index is 5.55. The van der Waals surface area contributed by atoms with E-state index in [1.165, 1.54) is 0 Å². The minimum Gasteiger partial charge on any atom is -0.492 e. The fraction of sp³-hybridized carbons (Fsp3) is 0.308. The molecule has 0 saturated carbocycles. The van der Waals surface area contributed by atoms with Crippen molar-refractivity contribution in [1.82, 2.24) is 10.6 Å². The lowest BCUT2D eigenvalue weighted by atomic mass is 10.3. The van der Waals surface area contributed by atoms with Crippen molar-refractivity contribution in [2.45, 2.75) is 0 Å². The van der Waals surface area contributed by atoms with Crippen LogP contribution in [0.3, 0.4) is 0 Å². The highest BCUT2D eigenvalue weighted by atomic mass is 127. The van der Waals surface area contributed by atoms with E-state index in [-0.39, 0.29) is 24.0 Å². The zero-order valence-corrected chi connectivity index (χ0v) is 14.6. The lowest BCUT2D eigenvalue weighted by Gasteiger charge is -2.10. The number of nitrogens with one attached hydrogen (secondary N) is 2. The molecule has 6 heteroatoms. The molecule has 0 aliphatic rings. The van der Waals surface area contributed by atoms with Crippen molar-refractivity contribution in [3.8, 4) is 18.1 Å². The van der Waals surface area contributed by atoms with Crippen LogP contribution in [0.4, 0.5) is 0 Å². The van der Waals surface area contributed by atoms with Crippen LogP contribution in [0.2, 0.25) is 0 Å². The molecule has 19 heavy (non-hydrogen) atoms. The first kappa shape index (κ1) is 18.1. The minimum atomic E-state index is 0. The summed E-state index contributed by atoms with van der Waals surface area (Å²) in [5.74, 6) is 4.00. The summed E-state index contributed by atoms with van der Waals surface area (Å²) < 4.78 is 6.59. The van der Waals surface area contributed by atoms with Crippen LogP contribution in [0, 0.1) is 12.3 Å². The molecular formula is C13H17BrIN3O. The molecule has 1 aromatic rings. The molecule has 2 N–H and O–H groups in total. The Hall–Kier alpha value is -0.940. The number of ether oxygens (including phenoxy) is 1. The Morgan fingerprint density at radius 1 is 1.37 bits per heavy atom. The van der Waals surface area contributed by atoms with Crippen molar-refractivity contribution in [3.05, 3.63) is 28.7 Å². The van der Waals surface area contributed by atoms with E-state index in [1.807, 2.05) is 24.3 Å². The minimum absolute atomic E-state index is 0. The topological polar surface area (TPSA) is 45.7 Å². The molecule has 0 heterocycles. The fourth-order valence-electron chi connectivity index (χ4n) is 1.22. The second kappa shape index (κ2) is 10.9. The number of hydrogen-bond donors (Lipinski definition) is 2. The zero-order chi connectivity index (χ0) is 13.2. The Balaban J connectivity index is 0.00000324. The van der Waals surface area contributed by atoms with Crippen LogP contribution in [0.5, 0.6) is 5.75 Å². The molecule has 0 saturated heterocycles. The summed E-state index contributed by atoms with van der Waals surface area (Å²) in [7, 11) is 1.70. The van der Waals surface area contributed by atoms with Gasteiger partial charge in [-0.05, 0) is 24.3 Å². The Kier molecular flexibility index (Phi) is 10.4. The van der Waals surface area contributed by atoms with Crippen LogP contribution >= 0.6 is 39.9 Å². The lowest BCUT2D eigenvalue weighted by Crippen LogP contribution is -2.39. The summed E-state index contributed by atoms with van der Waals surface area (Å²) >= 11 is 3.37. The van der Waals surface area contributed by atoms with E-state index in [4.69, 9.17) is 11.2 Å². The Morgan fingerprint density at radius 2 is 2.05 bits per heavy atom. The second-order valence-electron chi connectivity index (χ2n) is 3.36. The van der Waals surface area contributed by atoms with E-state index in [1.54, 1.807) is 7.05 Å². The fourth-order valence-corrected chi connectivity index (χ4v) is 1.49. The number of rotatable bonds is 5. The Bertz CT molecular complexity index is 429. The van der Waals surface area contributed by atoms with E-state index in [0.717, 1.165) is 10.2 Å². The Morgan fingerprint density at radius 3 is 2.63 bits per heavy atom. The zero-order valence-electron chi connectivity index (χ0n) is 10.6. The molecule has 0 spiro atoms. The smallest absolute Gasteiger partial charge is 0.191 e. The van der Waals surface area contributed by atoms with Crippen molar-refractivity contribution < 1.29 is 4.74 Å². The quantitative estimate of drug-likeness (QED) is 0.244. The van der Waals surface area contributed by atoms with Gasteiger partial charge >= 0.3 is 0 Å². The maximum absolute atomic E-state index is 5.55. The predicted octanol–water partition coefficient (Wildman–Crippen LogP) is 2.24. The first-order valence-electron chi connectivity index (χ1n) is 5.52. The van der Waals surface area contributed by atoms with Gasteiger partial charge in [0, 0.05) is 11.5 Å². The molecule has 0 atom stereocenters. The van der Waals surface area contributed by atoms with Crippen molar-refractivity contribution in [3.63, 3.8) is 0 Å². The first-order chi connectivity index (χ1) is 8.76. The van der Waals surface area contributed by atoms with Gasteiger partial charge in [0.05, 0.1) is 13.1 Å². The monoisotopic (exact) mass is 437 g/mol. The highest BCUT2D eigenvalue weighted by Crippen LogP contribution is 2.15. The molecule has 0 amide bonds. The van der Waals surface area contributed by atoms with Crippen molar-refractivity contribution in [1.29, 1.82) is 0 Å². The van der Waals surface area contributed by atoms with E-state index >= 15 is 0 Å². The van der Waals surface area contributed by atoms with Crippen molar-refractivity contribution >= 4 is 45.9 Å². The van der Waals surface area contributed by atoms with E-state index in [9.17, 15) is 0 Å². The van der Waals surface area contributed by atoms with Gasteiger partial charge in [-0.3, -0.25) is 4.99 Å². The van der Waals surface area contributed by atoms with Crippen LogP contribution < -0.4 is 15.4 Å². The van der Waals surface area contributed by atoms with Gasteiger partial charge in [-0.1, -0.05) is 21.9 Å². The Labute approximate surface area is 139 Å². The molecule has 0 aliphatic carbocycles. The van der Waals surface area contributed by atoms with E-state index < -0.39 is 0 Å². The average molecular weight is 438 g/mol. The summed E-state index contributed by atoms with van der Waals surface area (Å²) in [4.78, 5) is 4.02. The van der Waals surface area contributed by atoms with Gasteiger partial charge in [-0.25, -0.2) is 0 Å². The summed E-state index contributed by atoms with van der Waals surface area (Å²) in [6.45, 7) is 1.66. The van der Waals surface area contributed by atoms with Gasteiger partial charge in [0.25, 0.3) is 0 Å². The number of aliphatic imine (C=N–C) groups is 1. The van der Waals surface area contributed by atoms with Gasteiger partial charge in [0.15, 0.2) is 5.96 Å². The molecule has 0 fully saturated rings. The molecule has 1 rings (SSSR count). The summed E-state index contributed by atoms with van der Waals surface area (Å²) in [5, 5.41) is 6.06. The third kappa shape index (κ3) is 7.95. The van der Waals surface area contributed by atoms with Gasteiger partial charge < -0.3 is 15.4 Å². The van der Waals surface area contributed by atoms with Crippen LogP contribution in [0.25, 0.3) is 0 Å². The number of nitrogens with zero attached hydrogens (tertiary/aromatic N) is 1. The summed E-state index contributed by atoms with van der Waals surface area (Å²) in [5.41, 5.74) is 0. The number of hydrogen-bond acceptors (Lipinski definition) is 2. The molecule has 1 aromatic carbocycles. The van der Waals surface area contributed by atoms with Crippen molar-refractivity contribution in [2.24, 2.45) is 4.99 Å². The third-order valence-corrected chi connectivity index (χ3v) is 2.59. The number of guanidine groups is 1. The number of halogens is 2. The number of terminal acetylenes is 1. The van der Waals surface area contributed by atoms with Crippen LogP contribution in [0.15, 0.2) is 33.7 Å². The molecule has 104 valence electrons. The van der Waals surface area contributed by atoms with Gasteiger partial charge in [0.2, 0.25) is 0 Å². The summed E-state index contributed by atoms with van der Waals surface area (Å²) in [6.07, 6.45) is 5.15. The van der Waals surface area contributed by atoms with Crippen molar-refractivity contribution in [2.75, 3.05) is 26.7 Å². The molecule has 0 unspecified atom stereocenters. The third-order valence-electron chi connectivity index (χ3n) is 2.06. The lowest BCUT2D eigenvalue weighted by molar-refractivity contribution is 0.322. The van der Waals surface area contributed by atoms with Crippen LogP contribution in [-0.4, -0.2) is 32.7 Å². The van der Waals surface area contributed by atoms with Crippen LogP contribution in [0.1, 0.15) is 0 Å². The largest absolute Gasteiger partial charge is 0.492 e. The van der Waals surface area contributed by atoms with Gasteiger partial charge in [0.1, 0.15) is 12.4 Å². The molecule has 0 aromatic heterocycles. The highest BCUT2D eigenvalue weighted by molar-refractivity contribution is 14.0. The average Bonchev–Trinajstić information content (AvgIpc) is 2.40. The SMILES string of the molecule is C#CCNC(=NC)NCCOc1ccc(Br)cc1.I. The van der Waals surface area contributed by atoms with Gasteiger partial charge in [-0.2, -0.15) is 0 Å². The van der Waals surface area contributed by atoms with E-state index in [2.05, 4.69) is 37.5 Å². The highest BCUT2D eigenvalue weighted by Gasteiger charge is 1.96. The second-order valence-corrected chi connectivity index (χ2v) is 4.27. The molecular weight excluding hydrogens is 421 g/mol. The maximum Gasteiger partial charge on any atom is 0.191 e. The molecule has 0 bridgehead atoms.